The lowest BCUT2D eigenvalue weighted by Gasteiger charge is -2.07. The molecule has 0 bridgehead atoms. The van der Waals surface area contributed by atoms with Crippen LogP contribution in [0.2, 0.25) is 0 Å². The quantitative estimate of drug-likeness (QED) is 0.801. The van der Waals surface area contributed by atoms with Crippen molar-refractivity contribution in [3.05, 3.63) is 45.5 Å². The lowest BCUT2D eigenvalue weighted by atomic mass is 10.2. The van der Waals surface area contributed by atoms with Crippen molar-refractivity contribution in [3.63, 3.8) is 0 Å². The van der Waals surface area contributed by atoms with Gasteiger partial charge < -0.3 is 5.32 Å². The van der Waals surface area contributed by atoms with Gasteiger partial charge in [-0.15, -0.1) is 11.3 Å². The summed E-state index contributed by atoms with van der Waals surface area (Å²) < 4.78 is 40.2. The van der Waals surface area contributed by atoms with Gasteiger partial charge in [-0.25, -0.2) is 17.5 Å². The zero-order valence-electron chi connectivity index (χ0n) is 11.4. The predicted octanol–water partition coefficient (Wildman–Crippen LogP) is 2.88. The molecule has 0 radical (unpaired) electrons. The van der Waals surface area contributed by atoms with Gasteiger partial charge in [-0.3, -0.25) is 4.79 Å². The number of aryl methyl sites for hydroxylation is 1. The minimum atomic E-state index is -3.74. The summed E-state index contributed by atoms with van der Waals surface area (Å²) in [5.41, 5.74) is 0.730. The van der Waals surface area contributed by atoms with E-state index >= 15 is 0 Å². The van der Waals surface area contributed by atoms with Crippen LogP contribution in [0.4, 0.5) is 10.1 Å². The highest BCUT2D eigenvalue weighted by atomic mass is 79.9. The molecule has 0 saturated carbocycles. The molecule has 2 aromatic rings. The fourth-order valence-corrected chi connectivity index (χ4v) is 4.59. The van der Waals surface area contributed by atoms with E-state index < -0.39 is 28.3 Å². The number of amides is 1. The number of carbonyl (C=O) groups is 1. The van der Waals surface area contributed by atoms with Gasteiger partial charge in [0.2, 0.25) is 5.91 Å². The molecule has 0 fully saturated rings. The van der Waals surface area contributed by atoms with Crippen molar-refractivity contribution in [2.24, 2.45) is 0 Å². The highest BCUT2D eigenvalue weighted by molar-refractivity contribution is 9.11. The van der Waals surface area contributed by atoms with Crippen LogP contribution in [0, 0.1) is 12.7 Å². The van der Waals surface area contributed by atoms with Crippen LogP contribution in [-0.4, -0.2) is 20.9 Å². The topological polar surface area (TPSA) is 75.3 Å². The molecule has 118 valence electrons. The molecule has 1 heterocycles. The molecular weight excluding hydrogens is 395 g/mol. The SMILES string of the molecule is Cc1ccc(NC(=O)CNS(=O)(=O)c2ccc(Br)s2)cc1F. The van der Waals surface area contributed by atoms with Crippen molar-refractivity contribution in [2.75, 3.05) is 11.9 Å². The number of carbonyl (C=O) groups excluding carboxylic acids is 1. The number of hydrogen-bond acceptors (Lipinski definition) is 4. The highest BCUT2D eigenvalue weighted by Gasteiger charge is 2.17. The van der Waals surface area contributed by atoms with Crippen LogP contribution in [0.1, 0.15) is 5.56 Å². The van der Waals surface area contributed by atoms with Crippen molar-refractivity contribution < 1.29 is 17.6 Å². The number of hydrogen-bond donors (Lipinski definition) is 2. The second kappa shape index (κ2) is 6.86. The maximum Gasteiger partial charge on any atom is 0.250 e. The molecule has 0 atom stereocenters. The Balaban J connectivity index is 1.96. The van der Waals surface area contributed by atoms with Crippen molar-refractivity contribution in [1.29, 1.82) is 0 Å². The normalized spacial score (nSPS) is 11.4. The fourth-order valence-electron chi connectivity index (χ4n) is 1.55. The molecule has 1 aromatic carbocycles. The average molecular weight is 407 g/mol. The van der Waals surface area contributed by atoms with Crippen LogP contribution < -0.4 is 10.0 Å². The van der Waals surface area contributed by atoms with Gasteiger partial charge in [-0.2, -0.15) is 0 Å². The lowest BCUT2D eigenvalue weighted by molar-refractivity contribution is -0.115. The van der Waals surface area contributed by atoms with Crippen LogP contribution in [0.3, 0.4) is 0 Å². The van der Waals surface area contributed by atoms with Gasteiger partial charge in [0.15, 0.2) is 0 Å². The number of thiophene rings is 1. The van der Waals surface area contributed by atoms with Crippen molar-refractivity contribution in [2.45, 2.75) is 11.1 Å². The van der Waals surface area contributed by atoms with Gasteiger partial charge in [-0.05, 0) is 52.7 Å². The van der Waals surface area contributed by atoms with Crippen molar-refractivity contribution >= 4 is 48.9 Å². The largest absolute Gasteiger partial charge is 0.325 e. The molecule has 2 rings (SSSR count). The second-order valence-corrected chi connectivity index (χ2v) is 8.85. The summed E-state index contributed by atoms with van der Waals surface area (Å²) >= 11 is 4.21. The van der Waals surface area contributed by atoms with E-state index in [1.165, 1.54) is 18.2 Å². The van der Waals surface area contributed by atoms with Gasteiger partial charge in [0.1, 0.15) is 10.0 Å². The third-order valence-corrected chi connectivity index (χ3v) is 6.21. The van der Waals surface area contributed by atoms with Crippen molar-refractivity contribution in [3.8, 4) is 0 Å². The molecule has 5 nitrogen and oxygen atoms in total. The summed E-state index contributed by atoms with van der Waals surface area (Å²) in [6, 6.07) is 7.29. The van der Waals surface area contributed by atoms with E-state index in [1.807, 2.05) is 0 Å². The molecule has 0 aliphatic carbocycles. The number of anilines is 1. The summed E-state index contributed by atoms with van der Waals surface area (Å²) in [6.07, 6.45) is 0. The molecule has 1 amide bonds. The van der Waals surface area contributed by atoms with Gasteiger partial charge in [0.05, 0.1) is 10.3 Å². The van der Waals surface area contributed by atoms with Crippen LogP contribution in [0.15, 0.2) is 38.3 Å². The monoisotopic (exact) mass is 406 g/mol. The summed E-state index contributed by atoms with van der Waals surface area (Å²) in [5.74, 6) is -1.02. The molecule has 1 aromatic heterocycles. The summed E-state index contributed by atoms with van der Waals surface area (Å²) in [5, 5.41) is 2.43. The van der Waals surface area contributed by atoms with Gasteiger partial charge >= 0.3 is 0 Å². The Morgan fingerprint density at radius 3 is 2.64 bits per heavy atom. The molecule has 0 saturated heterocycles. The zero-order valence-corrected chi connectivity index (χ0v) is 14.6. The highest BCUT2D eigenvalue weighted by Crippen LogP contribution is 2.25. The Hall–Kier alpha value is -1.29. The van der Waals surface area contributed by atoms with E-state index in [2.05, 4.69) is 26.0 Å². The van der Waals surface area contributed by atoms with Gasteiger partial charge in [-0.1, -0.05) is 6.07 Å². The van der Waals surface area contributed by atoms with Crippen LogP contribution in [0.25, 0.3) is 0 Å². The lowest BCUT2D eigenvalue weighted by Crippen LogP contribution is -2.32. The first-order valence-electron chi connectivity index (χ1n) is 6.09. The first-order chi connectivity index (χ1) is 10.3. The molecule has 2 N–H and O–H groups in total. The fraction of sp³-hybridized carbons (Fsp3) is 0.154. The predicted molar refractivity (Wildman–Crippen MR) is 87.0 cm³/mol. The molecule has 9 heteroatoms. The Labute approximate surface area is 139 Å². The minimum absolute atomic E-state index is 0.105. The van der Waals surface area contributed by atoms with E-state index in [4.69, 9.17) is 0 Å². The first kappa shape index (κ1) is 17.1. The van der Waals surface area contributed by atoms with E-state index in [0.717, 1.165) is 11.3 Å². The van der Waals surface area contributed by atoms with E-state index in [-0.39, 0.29) is 9.90 Å². The Morgan fingerprint density at radius 2 is 2.05 bits per heavy atom. The van der Waals surface area contributed by atoms with Crippen LogP contribution in [0.5, 0.6) is 0 Å². The Bertz CT molecular complexity index is 805. The van der Waals surface area contributed by atoms with Crippen LogP contribution >= 0.6 is 27.3 Å². The molecule has 0 unspecified atom stereocenters. The van der Waals surface area contributed by atoms with Gasteiger partial charge in [0.25, 0.3) is 10.0 Å². The molecule has 0 aliphatic heterocycles. The third kappa shape index (κ3) is 4.35. The summed E-state index contributed by atoms with van der Waals surface area (Å²) in [6.45, 7) is 1.17. The maximum absolute atomic E-state index is 13.4. The standard InChI is InChI=1S/C13H12BrFN2O3S2/c1-8-2-3-9(6-10(8)15)17-12(18)7-16-22(19,20)13-5-4-11(14)21-13/h2-6,16H,7H2,1H3,(H,17,18). The number of halogens is 2. The number of nitrogens with one attached hydrogen (secondary N) is 2. The number of benzene rings is 1. The Morgan fingerprint density at radius 1 is 1.32 bits per heavy atom. The van der Waals surface area contributed by atoms with Gasteiger partial charge in [0, 0.05) is 5.69 Å². The average Bonchev–Trinajstić information content (AvgIpc) is 2.88. The Kier molecular flexibility index (Phi) is 5.32. The smallest absolute Gasteiger partial charge is 0.250 e. The van der Waals surface area contributed by atoms with E-state index in [1.54, 1.807) is 19.1 Å². The minimum Gasteiger partial charge on any atom is -0.325 e. The number of rotatable bonds is 5. The third-order valence-electron chi connectivity index (χ3n) is 2.69. The summed E-state index contributed by atoms with van der Waals surface area (Å²) in [4.78, 5) is 11.7. The molecule has 0 spiro atoms. The second-order valence-electron chi connectivity index (χ2n) is 4.40. The van der Waals surface area contributed by atoms with Crippen molar-refractivity contribution in [1.82, 2.24) is 4.72 Å². The van der Waals surface area contributed by atoms with Crippen LogP contribution in [-0.2, 0) is 14.8 Å². The zero-order chi connectivity index (χ0) is 16.3. The summed E-state index contributed by atoms with van der Waals surface area (Å²) in [7, 11) is -3.74. The van der Waals surface area contributed by atoms with E-state index in [9.17, 15) is 17.6 Å². The molecule has 22 heavy (non-hydrogen) atoms. The van der Waals surface area contributed by atoms with E-state index in [0.29, 0.717) is 9.35 Å². The first-order valence-corrected chi connectivity index (χ1v) is 9.18. The molecule has 0 aliphatic rings. The molecular formula is C13H12BrFN2O3S2. The maximum atomic E-state index is 13.4. The number of sulfonamides is 1.